The maximum Gasteiger partial charge on any atom is 0.125 e. The first kappa shape index (κ1) is 10.6. The largest absolute Gasteiger partial charge is 0.507 e. The minimum Gasteiger partial charge on any atom is -0.507 e. The molecule has 1 heterocycles. The Morgan fingerprint density at radius 2 is 2.19 bits per heavy atom. The summed E-state index contributed by atoms with van der Waals surface area (Å²) >= 11 is 5.83. The second-order valence-electron chi connectivity index (χ2n) is 3.17. The molecule has 16 heavy (non-hydrogen) atoms. The molecule has 80 valence electrons. The fourth-order valence-corrected chi connectivity index (χ4v) is 1.45. The second-order valence-corrected chi connectivity index (χ2v) is 3.61. The first-order valence-electron chi connectivity index (χ1n) is 4.68. The molecule has 1 aromatic carbocycles. The maximum atomic E-state index is 9.84. The molecule has 0 saturated heterocycles. The van der Waals surface area contributed by atoms with Crippen LogP contribution in [0.5, 0.6) is 0 Å². The van der Waals surface area contributed by atoms with E-state index in [-0.39, 0.29) is 5.76 Å². The molecule has 0 saturated carbocycles. The van der Waals surface area contributed by atoms with Gasteiger partial charge >= 0.3 is 0 Å². The van der Waals surface area contributed by atoms with E-state index in [9.17, 15) is 5.11 Å². The molecule has 0 amide bonds. The summed E-state index contributed by atoms with van der Waals surface area (Å²) in [5.41, 5.74) is 1.30. The molecule has 1 aromatic heterocycles. The standard InChI is InChI=1S/C12H9ClN2O/c13-10-3-1-2-9(6-10)12(16)7-11-4-5-14-8-15-11/h1-8,16H/b12-7-. The highest BCUT2D eigenvalue weighted by Gasteiger charge is 2.00. The Balaban J connectivity index is 2.32. The van der Waals surface area contributed by atoms with E-state index in [4.69, 9.17) is 11.6 Å². The van der Waals surface area contributed by atoms with Gasteiger partial charge in [0, 0.05) is 22.9 Å². The van der Waals surface area contributed by atoms with E-state index in [1.807, 2.05) is 0 Å². The monoisotopic (exact) mass is 232 g/mol. The zero-order chi connectivity index (χ0) is 11.4. The molecule has 0 aliphatic rings. The summed E-state index contributed by atoms with van der Waals surface area (Å²) in [5.74, 6) is 0.126. The Kier molecular flexibility index (Phi) is 3.17. The third-order valence-corrected chi connectivity index (χ3v) is 2.24. The van der Waals surface area contributed by atoms with Crippen LogP contribution in [-0.4, -0.2) is 15.1 Å². The topological polar surface area (TPSA) is 46.0 Å². The molecule has 0 radical (unpaired) electrons. The van der Waals surface area contributed by atoms with Crippen LogP contribution in [0.3, 0.4) is 0 Å². The number of nitrogens with zero attached hydrogens (tertiary/aromatic N) is 2. The zero-order valence-electron chi connectivity index (χ0n) is 8.34. The van der Waals surface area contributed by atoms with Crippen LogP contribution >= 0.6 is 11.6 Å². The van der Waals surface area contributed by atoms with Crippen molar-refractivity contribution in [3.63, 3.8) is 0 Å². The lowest BCUT2D eigenvalue weighted by atomic mass is 10.1. The fourth-order valence-electron chi connectivity index (χ4n) is 1.26. The van der Waals surface area contributed by atoms with Crippen LogP contribution < -0.4 is 0 Å². The van der Waals surface area contributed by atoms with Crippen molar-refractivity contribution >= 4 is 23.4 Å². The lowest BCUT2D eigenvalue weighted by molar-refractivity contribution is 0.515. The molecule has 3 nitrogen and oxygen atoms in total. The van der Waals surface area contributed by atoms with Crippen molar-refractivity contribution in [2.45, 2.75) is 0 Å². The van der Waals surface area contributed by atoms with Gasteiger partial charge < -0.3 is 5.11 Å². The summed E-state index contributed by atoms with van der Waals surface area (Å²) in [7, 11) is 0. The van der Waals surface area contributed by atoms with Crippen LogP contribution in [0, 0.1) is 0 Å². The Hall–Kier alpha value is -1.87. The maximum absolute atomic E-state index is 9.84. The van der Waals surface area contributed by atoms with Crippen molar-refractivity contribution < 1.29 is 5.11 Å². The number of hydrogen-bond acceptors (Lipinski definition) is 3. The van der Waals surface area contributed by atoms with E-state index in [1.54, 1.807) is 42.6 Å². The van der Waals surface area contributed by atoms with Crippen LogP contribution in [0.15, 0.2) is 42.9 Å². The van der Waals surface area contributed by atoms with Crippen LogP contribution in [0.2, 0.25) is 5.02 Å². The first-order chi connectivity index (χ1) is 7.75. The summed E-state index contributed by atoms with van der Waals surface area (Å²) in [5, 5.41) is 10.4. The summed E-state index contributed by atoms with van der Waals surface area (Å²) < 4.78 is 0. The van der Waals surface area contributed by atoms with Crippen LogP contribution in [-0.2, 0) is 0 Å². The van der Waals surface area contributed by atoms with Crippen molar-refractivity contribution in [1.29, 1.82) is 0 Å². The number of halogens is 1. The summed E-state index contributed by atoms with van der Waals surface area (Å²) in [6.07, 6.45) is 4.61. The SMILES string of the molecule is O/C(=C\c1ccncn1)c1cccc(Cl)c1. The summed E-state index contributed by atoms with van der Waals surface area (Å²) in [4.78, 5) is 7.78. The van der Waals surface area contributed by atoms with E-state index < -0.39 is 0 Å². The normalized spacial score (nSPS) is 11.4. The first-order valence-corrected chi connectivity index (χ1v) is 5.06. The Bertz CT molecular complexity index is 511. The van der Waals surface area contributed by atoms with Gasteiger partial charge in [-0.2, -0.15) is 0 Å². The third-order valence-electron chi connectivity index (χ3n) is 2.01. The molecule has 2 rings (SSSR count). The Labute approximate surface area is 98.1 Å². The zero-order valence-corrected chi connectivity index (χ0v) is 9.09. The van der Waals surface area contributed by atoms with Crippen LogP contribution in [0.25, 0.3) is 11.8 Å². The van der Waals surface area contributed by atoms with E-state index in [0.29, 0.717) is 16.3 Å². The second kappa shape index (κ2) is 4.77. The molecule has 2 aromatic rings. The minimum absolute atomic E-state index is 0.126. The minimum atomic E-state index is 0.126. The smallest absolute Gasteiger partial charge is 0.125 e. The summed E-state index contributed by atoms with van der Waals surface area (Å²) in [6.45, 7) is 0. The quantitative estimate of drug-likeness (QED) is 0.809. The number of aromatic nitrogens is 2. The number of rotatable bonds is 2. The molecule has 0 aliphatic heterocycles. The number of hydrogen-bond donors (Lipinski definition) is 1. The predicted molar refractivity (Wildman–Crippen MR) is 64.0 cm³/mol. The van der Waals surface area contributed by atoms with Crippen molar-refractivity contribution in [2.24, 2.45) is 0 Å². The van der Waals surface area contributed by atoms with Gasteiger partial charge in [0.15, 0.2) is 0 Å². The van der Waals surface area contributed by atoms with Gasteiger partial charge in [0.1, 0.15) is 12.1 Å². The Morgan fingerprint density at radius 1 is 1.31 bits per heavy atom. The van der Waals surface area contributed by atoms with Gasteiger partial charge in [0.25, 0.3) is 0 Å². The molecular weight excluding hydrogens is 224 g/mol. The van der Waals surface area contributed by atoms with E-state index >= 15 is 0 Å². The number of benzene rings is 1. The molecule has 0 aliphatic carbocycles. The lowest BCUT2D eigenvalue weighted by Gasteiger charge is -2.00. The van der Waals surface area contributed by atoms with Gasteiger partial charge in [-0.15, -0.1) is 0 Å². The molecule has 4 heteroatoms. The average molecular weight is 233 g/mol. The highest BCUT2D eigenvalue weighted by atomic mass is 35.5. The lowest BCUT2D eigenvalue weighted by Crippen LogP contribution is -1.85. The third kappa shape index (κ3) is 2.58. The molecule has 0 fully saturated rings. The highest BCUT2D eigenvalue weighted by molar-refractivity contribution is 6.30. The molecular formula is C12H9ClN2O. The fraction of sp³-hybridized carbons (Fsp3) is 0. The molecule has 1 N–H and O–H groups in total. The van der Waals surface area contributed by atoms with Gasteiger partial charge in [0.2, 0.25) is 0 Å². The molecule has 0 atom stereocenters. The van der Waals surface area contributed by atoms with Gasteiger partial charge in [-0.1, -0.05) is 23.7 Å². The summed E-state index contributed by atoms with van der Waals surface area (Å²) in [6, 6.07) is 8.71. The predicted octanol–water partition coefficient (Wildman–Crippen LogP) is 3.19. The van der Waals surface area contributed by atoms with Crippen LogP contribution in [0.4, 0.5) is 0 Å². The molecule has 0 bridgehead atoms. The van der Waals surface area contributed by atoms with E-state index in [2.05, 4.69) is 9.97 Å². The van der Waals surface area contributed by atoms with Crippen LogP contribution in [0.1, 0.15) is 11.3 Å². The van der Waals surface area contributed by atoms with E-state index in [0.717, 1.165) is 0 Å². The Morgan fingerprint density at radius 3 is 2.88 bits per heavy atom. The van der Waals surface area contributed by atoms with Crippen molar-refractivity contribution in [1.82, 2.24) is 9.97 Å². The highest BCUT2D eigenvalue weighted by Crippen LogP contribution is 2.18. The molecule has 0 spiro atoms. The van der Waals surface area contributed by atoms with E-state index in [1.165, 1.54) is 6.33 Å². The number of aliphatic hydroxyl groups is 1. The van der Waals surface area contributed by atoms with Gasteiger partial charge in [-0.3, -0.25) is 0 Å². The van der Waals surface area contributed by atoms with Crippen molar-refractivity contribution in [3.8, 4) is 0 Å². The van der Waals surface area contributed by atoms with Gasteiger partial charge in [-0.25, -0.2) is 9.97 Å². The number of aliphatic hydroxyl groups excluding tert-OH is 1. The van der Waals surface area contributed by atoms with Gasteiger partial charge in [-0.05, 0) is 18.2 Å². The average Bonchev–Trinajstić information content (AvgIpc) is 2.30. The van der Waals surface area contributed by atoms with Crippen molar-refractivity contribution in [3.05, 3.63) is 59.1 Å². The van der Waals surface area contributed by atoms with Crippen molar-refractivity contribution in [2.75, 3.05) is 0 Å². The molecule has 0 unspecified atom stereocenters. The van der Waals surface area contributed by atoms with Gasteiger partial charge in [0.05, 0.1) is 5.69 Å².